The Morgan fingerprint density at radius 3 is 2.90 bits per heavy atom. The summed E-state index contributed by atoms with van der Waals surface area (Å²) in [6.45, 7) is 8.11. The quantitative estimate of drug-likeness (QED) is 0.809. The highest BCUT2D eigenvalue weighted by atomic mass is 16.5. The number of amides is 1. The molecular formula is C15H23N3O2. The first-order valence-electron chi connectivity index (χ1n) is 6.96. The number of morpholine rings is 1. The number of nitrogens with zero attached hydrogens (tertiary/aromatic N) is 1. The Hall–Kier alpha value is -1.59. The van der Waals surface area contributed by atoms with Crippen molar-refractivity contribution in [2.24, 2.45) is 0 Å². The number of hydrogen-bond acceptors (Lipinski definition) is 4. The lowest BCUT2D eigenvalue weighted by atomic mass is 10.0. The largest absolute Gasteiger partial charge is 0.398 e. The van der Waals surface area contributed by atoms with E-state index in [1.165, 1.54) is 0 Å². The fourth-order valence-electron chi connectivity index (χ4n) is 2.41. The number of rotatable bonds is 4. The second-order valence-corrected chi connectivity index (χ2v) is 5.70. The van der Waals surface area contributed by atoms with Crippen LogP contribution in [0.5, 0.6) is 0 Å². The number of ether oxygens (including phenoxy) is 1. The van der Waals surface area contributed by atoms with Crippen LogP contribution in [-0.4, -0.2) is 49.2 Å². The Morgan fingerprint density at radius 2 is 2.20 bits per heavy atom. The van der Waals surface area contributed by atoms with E-state index in [0.29, 0.717) is 17.8 Å². The Bertz CT molecular complexity index is 474. The van der Waals surface area contributed by atoms with Crippen molar-refractivity contribution in [3.63, 3.8) is 0 Å². The van der Waals surface area contributed by atoms with Crippen molar-refractivity contribution in [1.29, 1.82) is 0 Å². The molecule has 1 aliphatic heterocycles. The third-order valence-corrected chi connectivity index (χ3v) is 3.69. The van der Waals surface area contributed by atoms with E-state index in [0.717, 1.165) is 26.3 Å². The monoisotopic (exact) mass is 277 g/mol. The molecule has 0 radical (unpaired) electrons. The molecule has 1 saturated heterocycles. The molecule has 1 fully saturated rings. The van der Waals surface area contributed by atoms with E-state index in [1.54, 1.807) is 12.1 Å². The van der Waals surface area contributed by atoms with Gasteiger partial charge < -0.3 is 15.8 Å². The minimum Gasteiger partial charge on any atom is -0.398 e. The van der Waals surface area contributed by atoms with Crippen molar-refractivity contribution < 1.29 is 9.53 Å². The van der Waals surface area contributed by atoms with Gasteiger partial charge in [0, 0.05) is 30.9 Å². The number of carbonyl (C=O) groups is 1. The molecule has 0 spiro atoms. The lowest BCUT2D eigenvalue weighted by Gasteiger charge is -2.42. The molecule has 1 aromatic carbocycles. The highest BCUT2D eigenvalue weighted by molar-refractivity contribution is 5.99. The molecule has 1 aromatic rings. The van der Waals surface area contributed by atoms with Crippen LogP contribution in [-0.2, 0) is 4.74 Å². The summed E-state index contributed by atoms with van der Waals surface area (Å²) < 4.78 is 5.48. The van der Waals surface area contributed by atoms with Crippen LogP contribution in [0.4, 0.5) is 5.69 Å². The Labute approximate surface area is 120 Å². The van der Waals surface area contributed by atoms with Crippen molar-refractivity contribution in [3.8, 4) is 0 Å². The Balaban J connectivity index is 1.84. The zero-order valence-electron chi connectivity index (χ0n) is 12.2. The number of para-hydroxylation sites is 1. The fourth-order valence-corrected chi connectivity index (χ4v) is 2.41. The van der Waals surface area contributed by atoms with Gasteiger partial charge in [-0.15, -0.1) is 0 Å². The van der Waals surface area contributed by atoms with Gasteiger partial charge >= 0.3 is 0 Å². The topological polar surface area (TPSA) is 67.6 Å². The molecule has 0 saturated carbocycles. The molecule has 0 aromatic heterocycles. The molecule has 1 heterocycles. The first kappa shape index (κ1) is 14.8. The van der Waals surface area contributed by atoms with Gasteiger partial charge in [-0.05, 0) is 26.0 Å². The zero-order chi connectivity index (χ0) is 14.6. The van der Waals surface area contributed by atoms with Gasteiger partial charge in [-0.2, -0.15) is 0 Å². The van der Waals surface area contributed by atoms with Crippen LogP contribution < -0.4 is 11.1 Å². The minimum atomic E-state index is -0.117. The number of nitrogens with two attached hydrogens (primary N) is 1. The molecular weight excluding hydrogens is 254 g/mol. The molecule has 5 nitrogen and oxygen atoms in total. The van der Waals surface area contributed by atoms with Crippen LogP contribution >= 0.6 is 0 Å². The van der Waals surface area contributed by atoms with Gasteiger partial charge in [-0.25, -0.2) is 0 Å². The number of carbonyl (C=O) groups excluding carboxylic acids is 1. The number of nitrogen functional groups attached to an aromatic ring is 1. The van der Waals surface area contributed by atoms with Crippen molar-refractivity contribution in [1.82, 2.24) is 10.2 Å². The Kier molecular flexibility index (Phi) is 4.62. The lowest BCUT2D eigenvalue weighted by Crippen LogP contribution is -2.54. The van der Waals surface area contributed by atoms with Crippen LogP contribution in [0.25, 0.3) is 0 Å². The second-order valence-electron chi connectivity index (χ2n) is 5.70. The molecule has 3 N–H and O–H groups in total. The number of anilines is 1. The molecule has 110 valence electrons. The van der Waals surface area contributed by atoms with Crippen LogP contribution in [0.2, 0.25) is 0 Å². The lowest BCUT2D eigenvalue weighted by molar-refractivity contribution is -0.0498. The average molecular weight is 277 g/mol. The van der Waals surface area contributed by atoms with Gasteiger partial charge in [0.2, 0.25) is 0 Å². The average Bonchev–Trinajstić information content (AvgIpc) is 2.41. The van der Waals surface area contributed by atoms with Gasteiger partial charge in [0.25, 0.3) is 5.91 Å². The fraction of sp³-hybridized carbons (Fsp3) is 0.533. The second kappa shape index (κ2) is 6.24. The van der Waals surface area contributed by atoms with Gasteiger partial charge in [-0.3, -0.25) is 9.69 Å². The van der Waals surface area contributed by atoms with E-state index in [2.05, 4.69) is 24.1 Å². The summed E-state index contributed by atoms with van der Waals surface area (Å²) in [4.78, 5) is 14.4. The first-order chi connectivity index (χ1) is 9.50. The number of benzene rings is 1. The first-order valence-corrected chi connectivity index (χ1v) is 6.96. The smallest absolute Gasteiger partial charge is 0.253 e. The van der Waals surface area contributed by atoms with Gasteiger partial charge in [-0.1, -0.05) is 12.1 Å². The number of hydrogen-bond donors (Lipinski definition) is 2. The van der Waals surface area contributed by atoms with Crippen molar-refractivity contribution in [2.45, 2.75) is 19.4 Å². The highest BCUT2D eigenvalue weighted by Crippen LogP contribution is 2.18. The summed E-state index contributed by atoms with van der Waals surface area (Å²) in [6, 6.07) is 7.11. The van der Waals surface area contributed by atoms with Gasteiger partial charge in [0.1, 0.15) is 0 Å². The molecule has 20 heavy (non-hydrogen) atoms. The van der Waals surface area contributed by atoms with Crippen LogP contribution in [0.15, 0.2) is 24.3 Å². The van der Waals surface area contributed by atoms with E-state index in [-0.39, 0.29) is 11.4 Å². The summed E-state index contributed by atoms with van der Waals surface area (Å²) in [6.07, 6.45) is 0. The highest BCUT2D eigenvalue weighted by Gasteiger charge is 2.29. The molecule has 2 rings (SSSR count). The normalized spacial score (nSPS) is 18.7. The van der Waals surface area contributed by atoms with E-state index >= 15 is 0 Å². The molecule has 0 aliphatic carbocycles. The van der Waals surface area contributed by atoms with Crippen LogP contribution in [0.3, 0.4) is 0 Å². The van der Waals surface area contributed by atoms with Crippen LogP contribution in [0.1, 0.15) is 24.2 Å². The van der Waals surface area contributed by atoms with E-state index in [9.17, 15) is 4.79 Å². The van der Waals surface area contributed by atoms with Crippen LogP contribution in [0, 0.1) is 0 Å². The van der Waals surface area contributed by atoms with E-state index in [1.807, 2.05) is 12.1 Å². The molecule has 0 atom stereocenters. The third kappa shape index (κ3) is 3.49. The van der Waals surface area contributed by atoms with Gasteiger partial charge in [0.05, 0.1) is 18.8 Å². The minimum absolute atomic E-state index is 0.0226. The maximum absolute atomic E-state index is 12.0. The van der Waals surface area contributed by atoms with Crippen molar-refractivity contribution >= 4 is 11.6 Å². The molecule has 0 unspecified atom stereocenters. The third-order valence-electron chi connectivity index (χ3n) is 3.69. The molecule has 1 aliphatic rings. The summed E-state index contributed by atoms with van der Waals surface area (Å²) in [5.41, 5.74) is 6.86. The van der Waals surface area contributed by atoms with Gasteiger partial charge in [0.15, 0.2) is 0 Å². The predicted molar refractivity (Wildman–Crippen MR) is 79.7 cm³/mol. The van der Waals surface area contributed by atoms with Crippen molar-refractivity contribution in [3.05, 3.63) is 29.8 Å². The maximum atomic E-state index is 12.0. The summed E-state index contributed by atoms with van der Waals surface area (Å²) in [7, 11) is 0. The van der Waals surface area contributed by atoms with E-state index in [4.69, 9.17) is 10.5 Å². The SMILES string of the molecule is CC1(C)COCCN1CCNC(=O)c1ccccc1N. The maximum Gasteiger partial charge on any atom is 0.253 e. The Morgan fingerprint density at radius 1 is 1.45 bits per heavy atom. The standard InChI is InChI=1S/C15H23N3O2/c1-15(2)11-20-10-9-18(15)8-7-17-14(19)12-5-3-4-6-13(12)16/h3-6H,7-11,16H2,1-2H3,(H,17,19). The molecule has 5 heteroatoms. The van der Waals surface area contributed by atoms with Crippen molar-refractivity contribution in [2.75, 3.05) is 38.6 Å². The summed E-state index contributed by atoms with van der Waals surface area (Å²) >= 11 is 0. The molecule has 0 bridgehead atoms. The summed E-state index contributed by atoms with van der Waals surface area (Å²) in [5.74, 6) is -0.117. The zero-order valence-corrected chi connectivity index (χ0v) is 12.2. The number of nitrogens with one attached hydrogen (secondary N) is 1. The van der Waals surface area contributed by atoms with E-state index < -0.39 is 0 Å². The predicted octanol–water partition coefficient (Wildman–Crippen LogP) is 1.11. The summed E-state index contributed by atoms with van der Waals surface area (Å²) in [5, 5.41) is 2.92. The molecule has 1 amide bonds.